The lowest BCUT2D eigenvalue weighted by Crippen LogP contribution is -2.29. The molecule has 1 saturated heterocycles. The Morgan fingerprint density at radius 2 is 1.96 bits per heavy atom. The van der Waals surface area contributed by atoms with Gasteiger partial charge in [0.1, 0.15) is 5.82 Å². The third-order valence-corrected chi connectivity index (χ3v) is 5.12. The maximum atomic E-state index is 6.21. The molecular formula is C18H23N5. The average Bonchev–Trinajstić information content (AvgIpc) is 2.77. The van der Waals surface area contributed by atoms with Gasteiger partial charge in [-0.05, 0) is 30.7 Å². The van der Waals surface area contributed by atoms with Gasteiger partial charge in [0.25, 0.3) is 0 Å². The van der Waals surface area contributed by atoms with Crippen LogP contribution in [0.2, 0.25) is 0 Å². The molecule has 1 fully saturated rings. The van der Waals surface area contributed by atoms with Gasteiger partial charge in [0.15, 0.2) is 0 Å². The number of benzene rings is 1. The number of rotatable bonds is 1. The fraction of sp³-hybridized carbons (Fsp3) is 0.444. The molecule has 1 aromatic heterocycles. The first kappa shape index (κ1) is 14.5. The van der Waals surface area contributed by atoms with E-state index in [0.29, 0.717) is 11.9 Å². The highest BCUT2D eigenvalue weighted by Crippen LogP contribution is 2.37. The molecule has 5 heteroatoms. The van der Waals surface area contributed by atoms with Gasteiger partial charge < -0.3 is 16.4 Å². The molecule has 2 aromatic rings. The Bertz CT molecular complexity index is 732. The second-order valence-electron chi connectivity index (χ2n) is 6.79. The molecule has 2 atom stereocenters. The summed E-state index contributed by atoms with van der Waals surface area (Å²) < 4.78 is 0. The van der Waals surface area contributed by atoms with Crippen LogP contribution < -0.4 is 16.4 Å². The van der Waals surface area contributed by atoms with Gasteiger partial charge >= 0.3 is 0 Å². The second kappa shape index (κ2) is 5.49. The smallest absolute Gasteiger partial charge is 0.222 e. The molecule has 23 heavy (non-hydrogen) atoms. The molecule has 1 aromatic carbocycles. The molecular weight excluding hydrogens is 286 g/mol. The first-order valence-corrected chi connectivity index (χ1v) is 8.38. The molecule has 0 spiro atoms. The summed E-state index contributed by atoms with van der Waals surface area (Å²) in [6, 6.07) is 8.69. The van der Waals surface area contributed by atoms with Crippen molar-refractivity contribution < 1.29 is 0 Å². The first-order chi connectivity index (χ1) is 11.1. The third kappa shape index (κ3) is 2.45. The number of hydrogen-bond acceptors (Lipinski definition) is 5. The zero-order valence-corrected chi connectivity index (χ0v) is 13.5. The summed E-state index contributed by atoms with van der Waals surface area (Å²) in [7, 11) is 0. The van der Waals surface area contributed by atoms with E-state index in [-0.39, 0.29) is 6.04 Å². The zero-order valence-electron chi connectivity index (χ0n) is 13.5. The van der Waals surface area contributed by atoms with Crippen molar-refractivity contribution in [2.45, 2.75) is 32.2 Å². The predicted octanol–water partition coefficient (Wildman–Crippen LogP) is 2.00. The van der Waals surface area contributed by atoms with Crippen molar-refractivity contribution in [2.24, 2.45) is 11.7 Å². The number of aryl methyl sites for hydroxylation is 1. The van der Waals surface area contributed by atoms with Gasteiger partial charge in [0.05, 0.1) is 5.69 Å². The van der Waals surface area contributed by atoms with Crippen LogP contribution in [0.4, 0.5) is 11.8 Å². The van der Waals surface area contributed by atoms with E-state index >= 15 is 0 Å². The van der Waals surface area contributed by atoms with Gasteiger partial charge in [0, 0.05) is 30.3 Å². The van der Waals surface area contributed by atoms with Crippen LogP contribution in [-0.4, -0.2) is 29.1 Å². The summed E-state index contributed by atoms with van der Waals surface area (Å²) in [4.78, 5) is 11.5. The highest BCUT2D eigenvalue weighted by atomic mass is 15.2. The van der Waals surface area contributed by atoms with Gasteiger partial charge in [-0.3, -0.25) is 0 Å². The van der Waals surface area contributed by atoms with Crippen molar-refractivity contribution >= 4 is 11.8 Å². The van der Waals surface area contributed by atoms with Gasteiger partial charge in [0.2, 0.25) is 5.95 Å². The Hall–Kier alpha value is -2.14. The average molecular weight is 309 g/mol. The highest BCUT2D eigenvalue weighted by Gasteiger charge is 2.31. The Morgan fingerprint density at radius 3 is 2.74 bits per heavy atom. The van der Waals surface area contributed by atoms with Crippen LogP contribution in [0.3, 0.4) is 0 Å². The summed E-state index contributed by atoms with van der Waals surface area (Å²) in [6.07, 6.45) is 3.17. The molecule has 0 bridgehead atoms. The van der Waals surface area contributed by atoms with Crippen molar-refractivity contribution in [2.75, 3.05) is 23.7 Å². The minimum Gasteiger partial charge on any atom is -0.368 e. The van der Waals surface area contributed by atoms with E-state index in [1.54, 1.807) is 0 Å². The minimum atomic E-state index is 0.194. The lowest BCUT2D eigenvalue weighted by molar-refractivity contribution is 0.566. The molecule has 0 amide bonds. The van der Waals surface area contributed by atoms with E-state index in [9.17, 15) is 0 Å². The summed E-state index contributed by atoms with van der Waals surface area (Å²) in [6.45, 7) is 3.97. The minimum absolute atomic E-state index is 0.194. The van der Waals surface area contributed by atoms with E-state index < -0.39 is 0 Å². The molecule has 0 unspecified atom stereocenters. The summed E-state index contributed by atoms with van der Waals surface area (Å²) >= 11 is 0. The van der Waals surface area contributed by atoms with Crippen LogP contribution in [0.15, 0.2) is 24.3 Å². The standard InChI is InChI=1S/C18H23N5/c1-11-9-23(10-15(11)19)17-14-8-4-6-12-5-2-3-7-13(12)16(14)21-18(20)22-17/h2-3,5,7,11,15H,4,6,8-10,19H2,1H3,(H2,20,21,22)/t11-,15-/m1/s1. The molecule has 5 nitrogen and oxygen atoms in total. The van der Waals surface area contributed by atoms with Gasteiger partial charge in [-0.1, -0.05) is 31.2 Å². The fourth-order valence-electron chi connectivity index (χ4n) is 3.79. The van der Waals surface area contributed by atoms with Crippen LogP contribution in [0.5, 0.6) is 0 Å². The van der Waals surface area contributed by atoms with E-state index in [1.165, 1.54) is 16.7 Å². The number of nitrogen functional groups attached to an aromatic ring is 1. The second-order valence-corrected chi connectivity index (χ2v) is 6.79. The number of hydrogen-bond donors (Lipinski definition) is 2. The van der Waals surface area contributed by atoms with E-state index in [4.69, 9.17) is 11.5 Å². The Kier molecular flexibility index (Phi) is 3.45. The lowest BCUT2D eigenvalue weighted by atomic mass is 10.0. The van der Waals surface area contributed by atoms with Gasteiger partial charge in [-0.15, -0.1) is 0 Å². The van der Waals surface area contributed by atoms with E-state index in [2.05, 4.69) is 46.1 Å². The van der Waals surface area contributed by atoms with E-state index in [1.807, 2.05) is 0 Å². The predicted molar refractivity (Wildman–Crippen MR) is 93.3 cm³/mol. The number of anilines is 2. The Morgan fingerprint density at radius 1 is 1.13 bits per heavy atom. The Balaban J connectivity index is 1.87. The molecule has 0 saturated carbocycles. The zero-order chi connectivity index (χ0) is 16.0. The maximum Gasteiger partial charge on any atom is 0.222 e. The Labute approximate surface area is 136 Å². The number of aromatic nitrogens is 2. The third-order valence-electron chi connectivity index (χ3n) is 5.12. The highest BCUT2D eigenvalue weighted by molar-refractivity contribution is 5.74. The van der Waals surface area contributed by atoms with Crippen molar-refractivity contribution in [1.29, 1.82) is 0 Å². The molecule has 2 heterocycles. The van der Waals surface area contributed by atoms with Crippen molar-refractivity contribution in [1.82, 2.24) is 9.97 Å². The van der Waals surface area contributed by atoms with Crippen LogP contribution in [0.25, 0.3) is 11.3 Å². The van der Waals surface area contributed by atoms with Crippen LogP contribution in [-0.2, 0) is 12.8 Å². The quantitative estimate of drug-likeness (QED) is 0.842. The number of fused-ring (bicyclic) bond motifs is 3. The molecule has 4 rings (SSSR count). The van der Waals surface area contributed by atoms with E-state index in [0.717, 1.165) is 43.9 Å². The molecule has 0 radical (unpaired) electrons. The van der Waals surface area contributed by atoms with Crippen molar-refractivity contribution in [3.63, 3.8) is 0 Å². The van der Waals surface area contributed by atoms with Gasteiger partial charge in [-0.2, -0.15) is 4.98 Å². The molecule has 2 aliphatic rings. The topological polar surface area (TPSA) is 81.1 Å². The van der Waals surface area contributed by atoms with Crippen LogP contribution in [0, 0.1) is 5.92 Å². The first-order valence-electron chi connectivity index (χ1n) is 8.38. The summed E-state index contributed by atoms with van der Waals surface area (Å²) in [5.74, 6) is 1.81. The molecule has 1 aliphatic carbocycles. The number of nitrogens with zero attached hydrogens (tertiary/aromatic N) is 3. The summed E-state index contributed by atoms with van der Waals surface area (Å²) in [5.41, 5.74) is 17.0. The number of nitrogens with two attached hydrogens (primary N) is 2. The fourth-order valence-corrected chi connectivity index (χ4v) is 3.79. The largest absolute Gasteiger partial charge is 0.368 e. The normalized spacial score (nSPS) is 23.3. The molecule has 1 aliphatic heterocycles. The monoisotopic (exact) mass is 309 g/mol. The molecule has 120 valence electrons. The van der Waals surface area contributed by atoms with Crippen molar-refractivity contribution in [3.05, 3.63) is 35.4 Å². The van der Waals surface area contributed by atoms with Crippen molar-refractivity contribution in [3.8, 4) is 11.3 Å². The lowest BCUT2D eigenvalue weighted by Gasteiger charge is -2.22. The maximum absolute atomic E-state index is 6.21. The van der Waals surface area contributed by atoms with Crippen LogP contribution >= 0.6 is 0 Å². The SMILES string of the molecule is C[C@@H]1CN(c2nc(N)nc3c2CCCc2ccccc2-3)C[C@H]1N. The summed E-state index contributed by atoms with van der Waals surface area (Å²) in [5, 5.41) is 0. The van der Waals surface area contributed by atoms with Crippen LogP contribution in [0.1, 0.15) is 24.5 Å². The molecule has 4 N–H and O–H groups in total. The van der Waals surface area contributed by atoms with Gasteiger partial charge in [-0.25, -0.2) is 4.98 Å².